The number of benzene rings is 1. The summed E-state index contributed by atoms with van der Waals surface area (Å²) in [6, 6.07) is 7.04. The molecule has 5 heteroatoms. The molecule has 0 aromatic heterocycles. The molecule has 1 rings (SSSR count). The summed E-state index contributed by atoms with van der Waals surface area (Å²) >= 11 is 5.79. The van der Waals surface area contributed by atoms with E-state index in [0.717, 1.165) is 18.4 Å². The summed E-state index contributed by atoms with van der Waals surface area (Å²) < 4.78 is 26.8. The molecule has 1 N–H and O–H groups in total. The normalized spacial score (nSPS) is 12.6. The lowest BCUT2D eigenvalue weighted by Gasteiger charge is -2.21. The highest BCUT2D eigenvalue weighted by atomic mass is 35.5. The van der Waals surface area contributed by atoms with E-state index >= 15 is 0 Å². The largest absolute Gasteiger partial charge is 0.240 e. The number of aryl methyl sites for hydroxylation is 1. The zero-order chi connectivity index (χ0) is 14.5. The molecule has 0 spiro atoms. The molecule has 0 bridgehead atoms. The highest BCUT2D eigenvalue weighted by Gasteiger charge is 2.21. The van der Waals surface area contributed by atoms with Crippen LogP contribution in [-0.4, -0.2) is 20.8 Å². The summed E-state index contributed by atoms with van der Waals surface area (Å²) in [6.45, 7) is 6.27. The lowest BCUT2D eigenvalue weighted by molar-refractivity contribution is 0.414. The molecule has 0 radical (unpaired) electrons. The van der Waals surface area contributed by atoms with Gasteiger partial charge in [0, 0.05) is 12.4 Å². The van der Waals surface area contributed by atoms with E-state index in [1.165, 1.54) is 0 Å². The standard InChI is InChI=1S/C14H22ClNO2S/c1-4-5-12-6-8-13(9-7-12)19(17,18)16-11-14(2,3)10-15/h6-9,16H,4-5,10-11H2,1-3H3. The fraction of sp³-hybridized carbons (Fsp3) is 0.571. The minimum atomic E-state index is -3.44. The maximum atomic E-state index is 12.1. The Morgan fingerprint density at radius 1 is 1.21 bits per heavy atom. The Labute approximate surface area is 121 Å². The maximum Gasteiger partial charge on any atom is 0.240 e. The minimum absolute atomic E-state index is 0.253. The average Bonchev–Trinajstić information content (AvgIpc) is 2.38. The van der Waals surface area contributed by atoms with Crippen LogP contribution in [0.25, 0.3) is 0 Å². The van der Waals surface area contributed by atoms with Gasteiger partial charge in [-0.15, -0.1) is 11.6 Å². The van der Waals surface area contributed by atoms with Crippen molar-refractivity contribution < 1.29 is 8.42 Å². The number of hydrogen-bond donors (Lipinski definition) is 1. The molecule has 0 saturated carbocycles. The van der Waals surface area contributed by atoms with Crippen LogP contribution in [0.5, 0.6) is 0 Å². The van der Waals surface area contributed by atoms with E-state index in [1.54, 1.807) is 12.1 Å². The summed E-state index contributed by atoms with van der Waals surface area (Å²) in [4.78, 5) is 0.303. The average molecular weight is 304 g/mol. The smallest absolute Gasteiger partial charge is 0.211 e. The molecule has 0 aliphatic heterocycles. The second kappa shape index (κ2) is 6.73. The summed E-state index contributed by atoms with van der Waals surface area (Å²) in [7, 11) is -3.44. The molecule has 108 valence electrons. The van der Waals surface area contributed by atoms with Gasteiger partial charge in [0.2, 0.25) is 10.0 Å². The van der Waals surface area contributed by atoms with Crippen LogP contribution >= 0.6 is 11.6 Å². The molecule has 0 aliphatic rings. The fourth-order valence-electron chi connectivity index (χ4n) is 1.54. The third kappa shape index (κ3) is 5.13. The topological polar surface area (TPSA) is 46.2 Å². The molecule has 19 heavy (non-hydrogen) atoms. The number of halogens is 1. The van der Waals surface area contributed by atoms with Crippen LogP contribution in [0.4, 0.5) is 0 Å². The van der Waals surface area contributed by atoms with E-state index in [-0.39, 0.29) is 5.41 Å². The van der Waals surface area contributed by atoms with Gasteiger partial charge in [-0.2, -0.15) is 0 Å². The zero-order valence-electron chi connectivity index (χ0n) is 11.7. The summed E-state index contributed by atoms with van der Waals surface area (Å²) in [5.41, 5.74) is 0.902. The van der Waals surface area contributed by atoms with Crippen molar-refractivity contribution >= 4 is 21.6 Å². The first kappa shape index (κ1) is 16.5. The first-order valence-corrected chi connectivity index (χ1v) is 8.47. The van der Waals surface area contributed by atoms with Crippen LogP contribution in [0.2, 0.25) is 0 Å². The van der Waals surface area contributed by atoms with Crippen molar-refractivity contribution in [3.8, 4) is 0 Å². The Hall–Kier alpha value is -0.580. The lowest BCUT2D eigenvalue weighted by atomic mass is 9.97. The van der Waals surface area contributed by atoms with E-state index in [1.807, 2.05) is 26.0 Å². The Bertz CT molecular complexity index is 495. The molecule has 3 nitrogen and oxygen atoms in total. The SMILES string of the molecule is CCCc1ccc(S(=O)(=O)NCC(C)(C)CCl)cc1. The van der Waals surface area contributed by atoms with E-state index in [0.29, 0.717) is 17.3 Å². The number of rotatable bonds is 7. The van der Waals surface area contributed by atoms with Crippen molar-refractivity contribution in [1.29, 1.82) is 0 Å². The second-order valence-electron chi connectivity index (χ2n) is 5.52. The molecule has 0 atom stereocenters. The van der Waals surface area contributed by atoms with E-state index in [4.69, 9.17) is 11.6 Å². The highest BCUT2D eigenvalue weighted by Crippen LogP contribution is 2.17. The van der Waals surface area contributed by atoms with Gasteiger partial charge in [0.1, 0.15) is 0 Å². The second-order valence-corrected chi connectivity index (χ2v) is 7.55. The number of hydrogen-bond acceptors (Lipinski definition) is 2. The van der Waals surface area contributed by atoms with Gasteiger partial charge < -0.3 is 0 Å². The molecular formula is C14H22ClNO2S. The third-order valence-electron chi connectivity index (χ3n) is 2.87. The van der Waals surface area contributed by atoms with Crippen LogP contribution in [0.3, 0.4) is 0 Å². The van der Waals surface area contributed by atoms with Crippen molar-refractivity contribution in [1.82, 2.24) is 4.72 Å². The van der Waals surface area contributed by atoms with Gasteiger partial charge in [0.05, 0.1) is 4.90 Å². The van der Waals surface area contributed by atoms with Gasteiger partial charge >= 0.3 is 0 Å². The van der Waals surface area contributed by atoms with Crippen LogP contribution in [0, 0.1) is 5.41 Å². The Morgan fingerprint density at radius 2 is 1.79 bits per heavy atom. The van der Waals surface area contributed by atoms with E-state index < -0.39 is 10.0 Å². The molecule has 1 aromatic rings. The third-order valence-corrected chi connectivity index (χ3v) is 5.02. The predicted molar refractivity (Wildman–Crippen MR) is 80.1 cm³/mol. The highest BCUT2D eigenvalue weighted by molar-refractivity contribution is 7.89. The van der Waals surface area contributed by atoms with Crippen molar-refractivity contribution in [2.24, 2.45) is 5.41 Å². The first-order valence-electron chi connectivity index (χ1n) is 6.45. The maximum absolute atomic E-state index is 12.1. The molecule has 0 aliphatic carbocycles. The van der Waals surface area contributed by atoms with Crippen molar-refractivity contribution in [2.75, 3.05) is 12.4 Å². The number of nitrogens with one attached hydrogen (secondary N) is 1. The fourth-order valence-corrected chi connectivity index (χ4v) is 2.88. The van der Waals surface area contributed by atoms with Gasteiger partial charge in [-0.3, -0.25) is 0 Å². The van der Waals surface area contributed by atoms with Gasteiger partial charge in [0.15, 0.2) is 0 Å². The zero-order valence-corrected chi connectivity index (χ0v) is 13.3. The Kier molecular flexibility index (Phi) is 5.83. The van der Waals surface area contributed by atoms with E-state index in [9.17, 15) is 8.42 Å². The number of sulfonamides is 1. The van der Waals surface area contributed by atoms with E-state index in [2.05, 4.69) is 11.6 Å². The van der Waals surface area contributed by atoms with Crippen molar-refractivity contribution in [3.63, 3.8) is 0 Å². The molecule has 0 fully saturated rings. The van der Waals surface area contributed by atoms with Crippen molar-refractivity contribution in [2.45, 2.75) is 38.5 Å². The van der Waals surface area contributed by atoms with Gasteiger partial charge in [-0.25, -0.2) is 13.1 Å². The Balaban J connectivity index is 2.77. The molecule has 0 amide bonds. The quantitative estimate of drug-likeness (QED) is 0.786. The molecule has 0 saturated heterocycles. The summed E-state index contributed by atoms with van der Waals surface area (Å²) in [5.74, 6) is 0.408. The summed E-state index contributed by atoms with van der Waals surface area (Å²) in [6.07, 6.45) is 2.02. The molecule has 1 aromatic carbocycles. The lowest BCUT2D eigenvalue weighted by Crippen LogP contribution is -2.35. The van der Waals surface area contributed by atoms with Crippen LogP contribution < -0.4 is 4.72 Å². The van der Waals surface area contributed by atoms with Crippen LogP contribution in [0.15, 0.2) is 29.2 Å². The van der Waals surface area contributed by atoms with Gasteiger partial charge in [-0.1, -0.05) is 39.3 Å². The van der Waals surface area contributed by atoms with Gasteiger partial charge in [-0.05, 0) is 29.5 Å². The molecule has 0 heterocycles. The van der Waals surface area contributed by atoms with Crippen LogP contribution in [0.1, 0.15) is 32.8 Å². The predicted octanol–water partition coefficient (Wildman–Crippen LogP) is 3.18. The monoisotopic (exact) mass is 303 g/mol. The first-order chi connectivity index (χ1) is 8.80. The molecule has 0 unspecified atom stereocenters. The summed E-state index contributed by atoms with van der Waals surface area (Å²) in [5, 5.41) is 0. The Morgan fingerprint density at radius 3 is 2.26 bits per heavy atom. The minimum Gasteiger partial charge on any atom is -0.211 e. The molecular weight excluding hydrogens is 282 g/mol. The number of alkyl halides is 1. The van der Waals surface area contributed by atoms with Crippen molar-refractivity contribution in [3.05, 3.63) is 29.8 Å². The van der Waals surface area contributed by atoms with Crippen LogP contribution in [-0.2, 0) is 16.4 Å². The van der Waals surface area contributed by atoms with Gasteiger partial charge in [0.25, 0.3) is 0 Å².